The number of hydrogen-bond acceptors (Lipinski definition) is 7. The summed E-state index contributed by atoms with van der Waals surface area (Å²) in [5.41, 5.74) is 2.05. The van der Waals surface area contributed by atoms with E-state index in [-0.39, 0.29) is 28.4 Å². The highest BCUT2D eigenvalue weighted by Gasteiger charge is 2.36. The van der Waals surface area contributed by atoms with E-state index >= 15 is 4.39 Å². The van der Waals surface area contributed by atoms with Crippen molar-refractivity contribution in [1.82, 2.24) is 19.4 Å². The van der Waals surface area contributed by atoms with Crippen molar-refractivity contribution in [3.63, 3.8) is 0 Å². The Kier molecular flexibility index (Phi) is 6.33. The molecule has 1 aromatic carbocycles. The molecule has 198 valence electrons. The second kappa shape index (κ2) is 9.68. The first kappa shape index (κ1) is 24.8. The first-order chi connectivity index (χ1) is 18.3. The van der Waals surface area contributed by atoms with Crippen molar-refractivity contribution < 1.29 is 31.8 Å². The molecule has 0 spiro atoms. The number of pyridine rings is 1. The number of alkyl halides is 3. The minimum Gasteiger partial charge on any atom is -0.405 e. The van der Waals surface area contributed by atoms with Crippen LogP contribution in [0.1, 0.15) is 23.1 Å². The molecule has 1 fully saturated rings. The van der Waals surface area contributed by atoms with Crippen molar-refractivity contribution in [2.75, 3.05) is 37.8 Å². The molecule has 1 unspecified atom stereocenters. The predicted octanol–water partition coefficient (Wildman–Crippen LogP) is 4.98. The van der Waals surface area contributed by atoms with Gasteiger partial charge in [0.1, 0.15) is 23.3 Å². The molecule has 0 radical (unpaired) electrons. The molecule has 0 bridgehead atoms. The zero-order chi connectivity index (χ0) is 26.4. The molecule has 6 rings (SSSR count). The van der Waals surface area contributed by atoms with E-state index in [1.54, 1.807) is 4.40 Å². The molecule has 0 saturated carbocycles. The highest BCUT2D eigenvalue weighted by molar-refractivity contribution is 6.30. The number of morpholine rings is 1. The van der Waals surface area contributed by atoms with Gasteiger partial charge in [-0.2, -0.15) is 0 Å². The molecule has 1 saturated heterocycles. The van der Waals surface area contributed by atoms with Gasteiger partial charge < -0.3 is 19.1 Å². The topological polar surface area (TPSA) is 74.0 Å². The first-order valence-corrected chi connectivity index (χ1v) is 12.2. The fraction of sp³-hybridized carbons (Fsp3) is 0.320. The number of ether oxygens (including phenoxy) is 3. The maximum Gasteiger partial charge on any atom is 0.573 e. The minimum atomic E-state index is -4.91. The fourth-order valence-corrected chi connectivity index (χ4v) is 4.90. The number of nitrogens with zero attached hydrogens (tertiary/aromatic N) is 5. The third-order valence-electron chi connectivity index (χ3n) is 6.42. The molecule has 0 N–H and O–H groups in total. The van der Waals surface area contributed by atoms with Crippen molar-refractivity contribution in [1.29, 1.82) is 0 Å². The third-order valence-corrected chi connectivity index (χ3v) is 6.65. The lowest BCUT2D eigenvalue weighted by Crippen LogP contribution is -2.37. The summed E-state index contributed by atoms with van der Waals surface area (Å²) in [6, 6.07) is 5.08. The zero-order valence-corrected chi connectivity index (χ0v) is 20.5. The molecule has 5 heterocycles. The van der Waals surface area contributed by atoms with Crippen LogP contribution in [0.2, 0.25) is 5.02 Å². The minimum absolute atomic E-state index is 0.0849. The standard InChI is InChI=1S/C25H20ClF4N5O3/c26-15-1-2-20(38-25(28,29)30)16(9-15)23-22-19(3-6-37-23)33-21-10-18(27)17(13-35(21)22)14-11-31-24(32-12-14)34-4-7-36-8-5-34/h1-2,9-13,23H,3-8H2. The van der Waals surface area contributed by atoms with E-state index in [9.17, 15) is 13.2 Å². The number of fused-ring (bicyclic) bond motifs is 3. The van der Waals surface area contributed by atoms with E-state index in [1.165, 1.54) is 36.8 Å². The lowest BCUT2D eigenvalue weighted by Gasteiger charge is -2.26. The highest BCUT2D eigenvalue weighted by atomic mass is 35.5. The largest absolute Gasteiger partial charge is 0.573 e. The van der Waals surface area contributed by atoms with Crippen LogP contribution in [-0.2, 0) is 15.9 Å². The van der Waals surface area contributed by atoms with E-state index in [0.717, 1.165) is 6.07 Å². The Morgan fingerprint density at radius 2 is 1.82 bits per heavy atom. The Balaban J connectivity index is 1.43. The van der Waals surface area contributed by atoms with Gasteiger partial charge in [0.2, 0.25) is 5.95 Å². The number of halogens is 5. The summed E-state index contributed by atoms with van der Waals surface area (Å²) in [5.74, 6) is -0.460. The van der Waals surface area contributed by atoms with E-state index < -0.39 is 24.0 Å². The van der Waals surface area contributed by atoms with Crippen molar-refractivity contribution in [3.05, 3.63) is 70.6 Å². The lowest BCUT2D eigenvalue weighted by molar-refractivity contribution is -0.275. The molecule has 2 aliphatic rings. The number of rotatable bonds is 4. The average Bonchev–Trinajstić information content (AvgIpc) is 3.26. The van der Waals surface area contributed by atoms with Gasteiger partial charge in [-0.15, -0.1) is 13.2 Å². The quantitative estimate of drug-likeness (QED) is 0.332. The lowest BCUT2D eigenvalue weighted by atomic mass is 10.0. The maximum absolute atomic E-state index is 15.2. The van der Waals surface area contributed by atoms with Gasteiger partial charge in [0.15, 0.2) is 0 Å². The molecular formula is C25H20ClF4N5O3. The average molecular weight is 550 g/mol. The van der Waals surface area contributed by atoms with Crippen LogP contribution in [0.25, 0.3) is 16.8 Å². The zero-order valence-electron chi connectivity index (χ0n) is 19.7. The summed E-state index contributed by atoms with van der Waals surface area (Å²) in [5, 5.41) is 0.211. The molecule has 0 amide bonds. The highest BCUT2D eigenvalue weighted by Crippen LogP contribution is 2.41. The summed E-state index contributed by atoms with van der Waals surface area (Å²) in [6.45, 7) is 2.67. The van der Waals surface area contributed by atoms with Gasteiger partial charge in [-0.3, -0.25) is 4.40 Å². The summed E-state index contributed by atoms with van der Waals surface area (Å²) in [7, 11) is 0. The Labute approximate surface area is 218 Å². The molecule has 38 heavy (non-hydrogen) atoms. The van der Waals surface area contributed by atoms with E-state index in [2.05, 4.69) is 19.7 Å². The number of imidazole rings is 1. The molecule has 1 atom stereocenters. The van der Waals surface area contributed by atoms with Crippen LogP contribution >= 0.6 is 11.6 Å². The van der Waals surface area contributed by atoms with Crippen LogP contribution in [0, 0.1) is 5.82 Å². The molecule has 2 aliphatic heterocycles. The molecule has 0 aliphatic carbocycles. The monoisotopic (exact) mass is 549 g/mol. The van der Waals surface area contributed by atoms with E-state index in [4.69, 9.17) is 21.1 Å². The van der Waals surface area contributed by atoms with Gasteiger partial charge in [-0.25, -0.2) is 19.3 Å². The summed E-state index contributed by atoms with van der Waals surface area (Å²) in [4.78, 5) is 15.3. The van der Waals surface area contributed by atoms with Crippen molar-refractivity contribution in [2.24, 2.45) is 0 Å². The van der Waals surface area contributed by atoms with Gasteiger partial charge in [-0.1, -0.05) is 11.6 Å². The smallest absolute Gasteiger partial charge is 0.405 e. The summed E-state index contributed by atoms with van der Waals surface area (Å²) in [6.07, 6.45) is -0.901. The summed E-state index contributed by atoms with van der Waals surface area (Å²) < 4.78 is 71.8. The van der Waals surface area contributed by atoms with Crippen LogP contribution in [0.15, 0.2) is 42.9 Å². The van der Waals surface area contributed by atoms with Crippen LogP contribution in [0.3, 0.4) is 0 Å². The van der Waals surface area contributed by atoms with E-state index in [0.29, 0.717) is 55.6 Å². The Hall–Kier alpha value is -3.48. The second-order valence-corrected chi connectivity index (χ2v) is 9.25. The maximum atomic E-state index is 15.2. The van der Waals surface area contributed by atoms with Gasteiger partial charge in [-0.05, 0) is 18.2 Å². The number of anilines is 1. The van der Waals surface area contributed by atoms with E-state index in [1.807, 2.05) is 4.90 Å². The van der Waals surface area contributed by atoms with Crippen LogP contribution in [0.4, 0.5) is 23.5 Å². The number of benzene rings is 1. The van der Waals surface area contributed by atoms with Gasteiger partial charge >= 0.3 is 6.36 Å². The SMILES string of the molecule is Fc1cc2nc3c(n2cc1-c1cnc(N2CCOCC2)nc1)C(c1cc(Cl)ccc1OC(F)(F)F)OCC3. The predicted molar refractivity (Wildman–Crippen MR) is 129 cm³/mol. The Bertz CT molecular complexity index is 1490. The van der Waals surface area contributed by atoms with Gasteiger partial charge in [0.25, 0.3) is 0 Å². The third kappa shape index (κ3) is 4.74. The Morgan fingerprint density at radius 1 is 1.05 bits per heavy atom. The second-order valence-electron chi connectivity index (χ2n) is 8.81. The molecule has 3 aromatic heterocycles. The van der Waals surface area contributed by atoms with Crippen LogP contribution < -0.4 is 9.64 Å². The molecule has 4 aromatic rings. The molecule has 8 nitrogen and oxygen atoms in total. The summed E-state index contributed by atoms with van der Waals surface area (Å²) >= 11 is 6.13. The fourth-order valence-electron chi connectivity index (χ4n) is 4.72. The number of aromatic nitrogens is 4. The Morgan fingerprint density at radius 3 is 2.55 bits per heavy atom. The molecule has 13 heteroatoms. The van der Waals surface area contributed by atoms with Gasteiger partial charge in [0.05, 0.1) is 31.2 Å². The van der Waals surface area contributed by atoms with Crippen molar-refractivity contribution in [3.8, 4) is 16.9 Å². The van der Waals surface area contributed by atoms with Crippen molar-refractivity contribution >= 4 is 23.2 Å². The normalized spacial score (nSPS) is 18.0. The van der Waals surface area contributed by atoms with Crippen LogP contribution in [-0.4, -0.2) is 58.6 Å². The van der Waals surface area contributed by atoms with Crippen LogP contribution in [0.5, 0.6) is 5.75 Å². The van der Waals surface area contributed by atoms with Gasteiger partial charge in [0, 0.05) is 65.9 Å². The van der Waals surface area contributed by atoms with Crippen molar-refractivity contribution in [2.45, 2.75) is 18.9 Å². The number of hydrogen-bond donors (Lipinski definition) is 0. The molecular weight excluding hydrogens is 530 g/mol. The first-order valence-electron chi connectivity index (χ1n) is 11.8.